The van der Waals surface area contributed by atoms with Gasteiger partial charge < -0.3 is 15.3 Å². The molecule has 41 heavy (non-hydrogen) atoms. The number of hydrogen-bond donors (Lipinski definition) is 2. The van der Waals surface area contributed by atoms with Crippen LogP contribution in [0.3, 0.4) is 0 Å². The number of piperidine rings is 2. The van der Waals surface area contributed by atoms with Gasteiger partial charge in [-0.3, -0.25) is 19.3 Å². The first kappa shape index (κ1) is 26.6. The molecule has 7 rings (SSSR count). The SMILES string of the molecule is C[C@H]1CC[C@@H]2C[C@H](n3c(=O)c(-c4c[nH]c(=O)c(C(N)=O)c4)nc4ccccc43)C[C@H]1N2C1C[C@H]2CCCC[C@@H](C1)C2. The molecule has 0 radical (unpaired) electrons. The lowest BCUT2D eigenvalue weighted by molar-refractivity contribution is -0.0642. The minimum atomic E-state index is -0.828. The standard InChI is InChI=1S/C33H41N5O3/c1-19-10-11-23-16-25(17-29(19)37(23)24-13-20-6-2-3-7-21(12-20)14-24)38-28-9-5-4-8-27(28)36-30(33(38)41)22-15-26(31(34)39)32(40)35-18-22/h4-5,8-9,15,18-21,23-25,29H,2-3,6-7,10-14,16-17H2,1H3,(H2,34,39)(H,35,40)/t19-,20-,21+,23+,24?,25-,29+/m0/s1. The molecule has 4 aliphatic rings. The first-order valence-electron chi connectivity index (χ1n) is 15.7. The number of nitrogens with two attached hydrogens (primary N) is 1. The fourth-order valence-corrected chi connectivity index (χ4v) is 9.04. The molecule has 2 aliphatic heterocycles. The van der Waals surface area contributed by atoms with Crippen LogP contribution in [-0.2, 0) is 0 Å². The topological polar surface area (TPSA) is 114 Å². The van der Waals surface area contributed by atoms with Crippen molar-refractivity contribution >= 4 is 16.9 Å². The second-order valence-corrected chi connectivity index (χ2v) is 13.3. The summed E-state index contributed by atoms with van der Waals surface area (Å²) in [6.07, 6.45) is 15.5. The third-order valence-electron chi connectivity index (χ3n) is 10.9. The molecule has 2 aromatic heterocycles. The lowest BCUT2D eigenvalue weighted by atomic mass is 9.71. The predicted molar refractivity (Wildman–Crippen MR) is 160 cm³/mol. The number of benzene rings is 1. The minimum Gasteiger partial charge on any atom is -0.365 e. The highest BCUT2D eigenvalue weighted by Crippen LogP contribution is 2.48. The summed E-state index contributed by atoms with van der Waals surface area (Å²) in [4.78, 5) is 48.6. The summed E-state index contributed by atoms with van der Waals surface area (Å²) in [7, 11) is 0. The van der Waals surface area contributed by atoms with Crippen LogP contribution in [0.2, 0.25) is 0 Å². The summed E-state index contributed by atoms with van der Waals surface area (Å²) >= 11 is 0. The number of H-pyrrole nitrogens is 1. The van der Waals surface area contributed by atoms with Gasteiger partial charge in [0.1, 0.15) is 11.3 Å². The molecule has 4 heterocycles. The average molecular weight is 556 g/mol. The number of rotatable bonds is 4. The Balaban J connectivity index is 1.28. The summed E-state index contributed by atoms with van der Waals surface area (Å²) in [5, 5.41) is 0. The Bertz CT molecular complexity index is 1580. The van der Waals surface area contributed by atoms with Gasteiger partial charge in [-0.15, -0.1) is 0 Å². The summed E-state index contributed by atoms with van der Waals surface area (Å²) in [6, 6.07) is 10.9. The third-order valence-corrected chi connectivity index (χ3v) is 10.9. The maximum absolute atomic E-state index is 14.3. The fraction of sp³-hybridized carbons (Fsp3) is 0.576. The zero-order valence-corrected chi connectivity index (χ0v) is 23.9. The van der Waals surface area contributed by atoms with Crippen LogP contribution in [0.25, 0.3) is 22.3 Å². The van der Waals surface area contributed by atoms with Gasteiger partial charge in [0.15, 0.2) is 0 Å². The minimum absolute atomic E-state index is 0.0624. The molecule has 2 aliphatic carbocycles. The van der Waals surface area contributed by atoms with Gasteiger partial charge in [0.2, 0.25) is 0 Å². The van der Waals surface area contributed by atoms with Crippen molar-refractivity contribution in [2.75, 3.05) is 0 Å². The van der Waals surface area contributed by atoms with E-state index in [2.05, 4.69) is 16.8 Å². The van der Waals surface area contributed by atoms with Gasteiger partial charge in [-0.25, -0.2) is 4.98 Å². The van der Waals surface area contributed by atoms with E-state index in [1.165, 1.54) is 70.1 Å². The quantitative estimate of drug-likeness (QED) is 0.470. The number of hydrogen-bond acceptors (Lipinski definition) is 5. The highest BCUT2D eigenvalue weighted by molar-refractivity contribution is 5.93. The van der Waals surface area contributed by atoms with Crippen LogP contribution >= 0.6 is 0 Å². The van der Waals surface area contributed by atoms with E-state index in [-0.39, 0.29) is 22.9 Å². The number of nitrogens with one attached hydrogen (secondary N) is 1. The lowest BCUT2D eigenvalue weighted by Gasteiger charge is -2.56. The van der Waals surface area contributed by atoms with Crippen molar-refractivity contribution in [3.05, 3.63) is 62.8 Å². The van der Waals surface area contributed by atoms with E-state index in [9.17, 15) is 14.4 Å². The van der Waals surface area contributed by atoms with Crippen LogP contribution in [-0.4, -0.2) is 43.5 Å². The summed E-state index contributed by atoms with van der Waals surface area (Å²) in [5.41, 5.74) is 6.73. The van der Waals surface area contributed by atoms with Gasteiger partial charge in [-0.1, -0.05) is 44.7 Å². The van der Waals surface area contributed by atoms with Crippen LogP contribution in [0.5, 0.6) is 0 Å². The van der Waals surface area contributed by atoms with Gasteiger partial charge in [0, 0.05) is 35.9 Å². The number of aromatic amines is 1. The van der Waals surface area contributed by atoms with Crippen molar-refractivity contribution in [2.24, 2.45) is 23.5 Å². The Hall–Kier alpha value is -3.26. The van der Waals surface area contributed by atoms with E-state index < -0.39 is 11.5 Å². The fourth-order valence-electron chi connectivity index (χ4n) is 9.04. The zero-order valence-electron chi connectivity index (χ0n) is 23.9. The molecule has 2 saturated heterocycles. The van der Waals surface area contributed by atoms with E-state index in [4.69, 9.17) is 10.7 Å². The van der Waals surface area contributed by atoms with Crippen molar-refractivity contribution in [1.82, 2.24) is 19.4 Å². The zero-order chi connectivity index (χ0) is 28.2. The lowest BCUT2D eigenvalue weighted by Crippen LogP contribution is -2.60. The molecule has 1 unspecified atom stereocenters. The number of aromatic nitrogens is 3. The molecule has 8 nitrogen and oxygen atoms in total. The van der Waals surface area contributed by atoms with Crippen LogP contribution in [0, 0.1) is 17.8 Å². The number of fused-ring (bicyclic) bond motifs is 5. The van der Waals surface area contributed by atoms with E-state index >= 15 is 0 Å². The first-order valence-corrected chi connectivity index (χ1v) is 15.7. The smallest absolute Gasteiger partial charge is 0.277 e. The molecular weight excluding hydrogens is 514 g/mol. The van der Waals surface area contributed by atoms with Gasteiger partial charge in [-0.05, 0) is 80.9 Å². The number of pyridine rings is 1. The highest BCUT2D eigenvalue weighted by Gasteiger charge is 2.47. The maximum atomic E-state index is 14.3. The molecule has 1 amide bonds. The molecule has 216 valence electrons. The van der Waals surface area contributed by atoms with Crippen LogP contribution in [0.4, 0.5) is 0 Å². The van der Waals surface area contributed by atoms with Gasteiger partial charge >= 0.3 is 0 Å². The summed E-state index contributed by atoms with van der Waals surface area (Å²) in [6.45, 7) is 2.41. The number of carbonyl (C=O) groups excluding carboxylic acids is 1. The number of carbonyl (C=O) groups is 1. The van der Waals surface area contributed by atoms with Gasteiger partial charge in [-0.2, -0.15) is 0 Å². The number of amides is 1. The predicted octanol–water partition coefficient (Wildman–Crippen LogP) is 5.01. The van der Waals surface area contributed by atoms with Gasteiger partial charge in [0.05, 0.1) is 11.0 Å². The van der Waals surface area contributed by atoms with Crippen molar-refractivity contribution in [3.8, 4) is 11.3 Å². The maximum Gasteiger partial charge on any atom is 0.277 e. The molecule has 1 aromatic carbocycles. The molecule has 8 heteroatoms. The molecule has 4 bridgehead atoms. The second-order valence-electron chi connectivity index (χ2n) is 13.3. The monoisotopic (exact) mass is 555 g/mol. The van der Waals surface area contributed by atoms with Crippen LogP contribution in [0.15, 0.2) is 46.1 Å². The normalized spacial score (nSPS) is 32.0. The van der Waals surface area contributed by atoms with Crippen molar-refractivity contribution in [1.29, 1.82) is 0 Å². The van der Waals surface area contributed by atoms with Crippen molar-refractivity contribution in [2.45, 2.75) is 102 Å². The van der Waals surface area contributed by atoms with Crippen molar-refractivity contribution < 1.29 is 4.79 Å². The Kier molecular flexibility index (Phi) is 6.84. The molecule has 3 N–H and O–H groups in total. The summed E-state index contributed by atoms with van der Waals surface area (Å²) in [5.74, 6) is 1.53. The molecule has 0 spiro atoms. The second kappa shape index (κ2) is 10.5. The van der Waals surface area contributed by atoms with E-state index in [1.807, 2.05) is 28.8 Å². The highest BCUT2D eigenvalue weighted by atomic mass is 16.2. The van der Waals surface area contributed by atoms with E-state index in [1.54, 1.807) is 0 Å². The van der Waals surface area contributed by atoms with Crippen LogP contribution in [0.1, 0.15) is 94.0 Å². The Morgan fingerprint density at radius 3 is 2.44 bits per heavy atom. The molecule has 2 saturated carbocycles. The Morgan fingerprint density at radius 2 is 1.68 bits per heavy atom. The van der Waals surface area contributed by atoms with Crippen LogP contribution < -0.4 is 16.9 Å². The third kappa shape index (κ3) is 4.74. The Labute approximate surface area is 240 Å². The largest absolute Gasteiger partial charge is 0.365 e. The summed E-state index contributed by atoms with van der Waals surface area (Å²) < 4.78 is 1.97. The molecule has 4 fully saturated rings. The molecular formula is C33H41N5O3. The van der Waals surface area contributed by atoms with E-state index in [0.717, 1.165) is 35.7 Å². The first-order chi connectivity index (χ1) is 19.9. The van der Waals surface area contributed by atoms with E-state index in [0.29, 0.717) is 29.6 Å². The molecule has 7 atom stereocenters. The number of para-hydroxylation sites is 2. The number of primary amides is 1. The Morgan fingerprint density at radius 1 is 0.927 bits per heavy atom. The van der Waals surface area contributed by atoms with Crippen molar-refractivity contribution in [3.63, 3.8) is 0 Å². The molecule has 3 aromatic rings. The average Bonchev–Trinajstić information content (AvgIpc) is 3.13. The van der Waals surface area contributed by atoms with Gasteiger partial charge in [0.25, 0.3) is 17.0 Å². The number of nitrogens with zero attached hydrogens (tertiary/aromatic N) is 3.